The Hall–Kier alpha value is -4.39. The molecule has 7 nitrogen and oxygen atoms in total. The molecule has 3 aromatic carbocycles. The number of nitrogens with zero attached hydrogens (tertiary/aromatic N) is 2. The van der Waals surface area contributed by atoms with Gasteiger partial charge in [0, 0.05) is 41.4 Å². The summed E-state index contributed by atoms with van der Waals surface area (Å²) in [6.07, 6.45) is 4.75. The van der Waals surface area contributed by atoms with Crippen LogP contribution in [0.2, 0.25) is 0 Å². The molecule has 1 aromatic heterocycles. The van der Waals surface area contributed by atoms with E-state index in [-0.39, 0.29) is 5.91 Å². The second-order valence-electron chi connectivity index (χ2n) is 8.19. The Morgan fingerprint density at radius 1 is 0.943 bits per heavy atom. The first kappa shape index (κ1) is 22.4. The number of rotatable bonds is 5. The summed E-state index contributed by atoms with van der Waals surface area (Å²) < 4.78 is 17.8. The van der Waals surface area contributed by atoms with Gasteiger partial charge in [-0.2, -0.15) is 0 Å². The number of esters is 1. The number of hydrogen-bond donors (Lipinski definition) is 0. The first-order valence-corrected chi connectivity index (χ1v) is 11.2. The monoisotopic (exact) mass is 468 g/mol. The minimum atomic E-state index is -0.392. The zero-order valence-corrected chi connectivity index (χ0v) is 19.7. The van der Waals surface area contributed by atoms with E-state index in [1.807, 2.05) is 30.5 Å². The molecule has 176 valence electrons. The fraction of sp³-hybridized carbons (Fsp3) is 0.179. The molecule has 0 spiro atoms. The number of methoxy groups -OCH3 is 2. The maximum Gasteiger partial charge on any atom is 0.308 e. The van der Waals surface area contributed by atoms with E-state index in [0.717, 1.165) is 33.5 Å². The normalized spacial score (nSPS) is 12.3. The van der Waals surface area contributed by atoms with E-state index in [0.29, 0.717) is 34.8 Å². The van der Waals surface area contributed by atoms with Crippen molar-refractivity contribution in [3.8, 4) is 28.4 Å². The summed E-state index contributed by atoms with van der Waals surface area (Å²) >= 11 is 0. The van der Waals surface area contributed by atoms with E-state index in [4.69, 9.17) is 14.2 Å². The quantitative estimate of drug-likeness (QED) is 0.329. The van der Waals surface area contributed by atoms with E-state index < -0.39 is 5.97 Å². The second-order valence-corrected chi connectivity index (χ2v) is 8.19. The van der Waals surface area contributed by atoms with Crippen molar-refractivity contribution in [3.63, 3.8) is 0 Å². The molecule has 0 atom stereocenters. The molecule has 7 heteroatoms. The number of fused-ring (bicyclic) bond motifs is 2. The van der Waals surface area contributed by atoms with E-state index in [1.54, 1.807) is 49.1 Å². The molecule has 0 N–H and O–H groups in total. The second kappa shape index (κ2) is 9.10. The smallest absolute Gasteiger partial charge is 0.308 e. The minimum absolute atomic E-state index is 0.188. The van der Waals surface area contributed by atoms with Crippen LogP contribution in [0.15, 0.2) is 65.8 Å². The van der Waals surface area contributed by atoms with Gasteiger partial charge in [0.15, 0.2) is 11.5 Å². The first-order chi connectivity index (χ1) is 17.0. The molecular formula is C28H24N2O5. The average molecular weight is 469 g/mol. The summed E-state index contributed by atoms with van der Waals surface area (Å²) in [5, 5.41) is 2.49. The van der Waals surface area contributed by atoms with Gasteiger partial charge in [-0.15, -0.1) is 0 Å². The van der Waals surface area contributed by atoms with Gasteiger partial charge in [0.05, 0.1) is 14.2 Å². The first-order valence-electron chi connectivity index (χ1n) is 11.2. The van der Waals surface area contributed by atoms with Crippen molar-refractivity contribution < 1.29 is 23.8 Å². The lowest BCUT2D eigenvalue weighted by Crippen LogP contribution is -2.35. The molecule has 0 saturated carbocycles. The Bertz CT molecular complexity index is 1600. The Balaban J connectivity index is 1.61. The number of carbonyl (C=O) groups is 2. The average Bonchev–Trinajstić information content (AvgIpc) is 3.27. The van der Waals surface area contributed by atoms with Crippen molar-refractivity contribution in [2.24, 2.45) is 4.99 Å². The molecule has 2 heterocycles. The highest BCUT2D eigenvalue weighted by Crippen LogP contribution is 2.31. The van der Waals surface area contributed by atoms with E-state index in [2.05, 4.69) is 11.1 Å². The molecular weight excluding hydrogens is 444 g/mol. The van der Waals surface area contributed by atoms with Crippen LogP contribution in [0.3, 0.4) is 0 Å². The van der Waals surface area contributed by atoms with Crippen molar-refractivity contribution in [1.29, 1.82) is 0 Å². The van der Waals surface area contributed by atoms with Gasteiger partial charge in [-0.1, -0.05) is 24.3 Å². The molecule has 0 amide bonds. The standard InChI is InChI=1S/C28H24N2O5/c1-17(31)35-24-8-4-6-18-14-20(9-11-21(18)24)28(32)30-16-23(22-7-5-13-29-27(22)30)19-10-12-25(33-2)26(15-19)34-3/h4,6-12,14-16H,5,13H2,1-3H3. The van der Waals surface area contributed by atoms with Gasteiger partial charge >= 0.3 is 5.97 Å². The lowest BCUT2D eigenvalue weighted by molar-refractivity contribution is -0.131. The van der Waals surface area contributed by atoms with Crippen molar-refractivity contribution in [2.45, 2.75) is 13.3 Å². The van der Waals surface area contributed by atoms with Crippen molar-refractivity contribution >= 4 is 28.7 Å². The lowest BCUT2D eigenvalue weighted by Gasteiger charge is -2.09. The Labute approximate surface area is 201 Å². The number of hydrogen-bond acceptors (Lipinski definition) is 6. The highest BCUT2D eigenvalue weighted by molar-refractivity contribution is 6.01. The van der Waals surface area contributed by atoms with Gasteiger partial charge < -0.3 is 14.2 Å². The fourth-order valence-electron chi connectivity index (χ4n) is 4.41. The van der Waals surface area contributed by atoms with Crippen LogP contribution in [0.1, 0.15) is 23.7 Å². The summed E-state index contributed by atoms with van der Waals surface area (Å²) in [6, 6.07) is 16.5. The highest BCUT2D eigenvalue weighted by atomic mass is 16.5. The molecule has 0 fully saturated rings. The van der Waals surface area contributed by atoms with Gasteiger partial charge in [-0.05, 0) is 53.8 Å². The zero-order valence-electron chi connectivity index (χ0n) is 19.7. The summed E-state index contributed by atoms with van der Waals surface area (Å²) in [4.78, 5) is 29.8. The zero-order chi connectivity index (χ0) is 24.5. The van der Waals surface area contributed by atoms with E-state index in [9.17, 15) is 9.59 Å². The van der Waals surface area contributed by atoms with Crippen LogP contribution < -0.4 is 24.9 Å². The Morgan fingerprint density at radius 2 is 1.77 bits per heavy atom. The largest absolute Gasteiger partial charge is 0.493 e. The molecule has 0 bridgehead atoms. The summed E-state index contributed by atoms with van der Waals surface area (Å²) in [5.41, 5.74) is 2.95. The fourth-order valence-corrected chi connectivity index (χ4v) is 4.41. The highest BCUT2D eigenvalue weighted by Gasteiger charge is 2.18. The maximum atomic E-state index is 13.7. The van der Waals surface area contributed by atoms with E-state index >= 15 is 0 Å². The van der Waals surface area contributed by atoms with Crippen molar-refractivity contribution in [3.05, 3.63) is 77.1 Å². The topological polar surface area (TPSA) is 79.1 Å². The Kier molecular flexibility index (Phi) is 5.82. The number of aromatic nitrogens is 1. The van der Waals surface area contributed by atoms with Crippen molar-refractivity contribution in [1.82, 2.24) is 4.57 Å². The van der Waals surface area contributed by atoms with E-state index in [1.165, 1.54) is 6.92 Å². The number of ether oxygens (including phenoxy) is 3. The van der Waals surface area contributed by atoms with Gasteiger partial charge in [-0.25, -0.2) is 0 Å². The van der Waals surface area contributed by atoms with Crippen LogP contribution in [-0.4, -0.2) is 37.2 Å². The summed E-state index contributed by atoms with van der Waals surface area (Å²) in [5.74, 6) is 1.14. The molecule has 1 aliphatic rings. The lowest BCUT2D eigenvalue weighted by atomic mass is 10.1. The molecule has 1 aliphatic heterocycles. The molecule has 0 unspecified atom stereocenters. The predicted octanol–water partition coefficient (Wildman–Crippen LogP) is 3.74. The van der Waals surface area contributed by atoms with Crippen LogP contribution in [-0.2, 0) is 4.79 Å². The van der Waals surface area contributed by atoms with Gasteiger partial charge in [0.1, 0.15) is 11.2 Å². The molecule has 0 aliphatic carbocycles. The Morgan fingerprint density at radius 3 is 2.54 bits per heavy atom. The van der Waals surface area contributed by atoms with Crippen LogP contribution in [0.4, 0.5) is 0 Å². The third-order valence-electron chi connectivity index (χ3n) is 6.01. The van der Waals surface area contributed by atoms with Crippen LogP contribution in [0.5, 0.6) is 17.2 Å². The van der Waals surface area contributed by atoms with Gasteiger partial charge in [0.25, 0.3) is 5.91 Å². The SMILES string of the molecule is COc1ccc(-c2cn(C(=O)c3ccc4c(OC(C)=O)cccc4c3)c3c2=CCCN=3)cc1OC. The molecule has 35 heavy (non-hydrogen) atoms. The van der Waals surface area contributed by atoms with Gasteiger partial charge in [-0.3, -0.25) is 19.1 Å². The number of benzene rings is 3. The maximum absolute atomic E-state index is 13.7. The van der Waals surface area contributed by atoms with Crippen LogP contribution >= 0.6 is 0 Å². The summed E-state index contributed by atoms with van der Waals surface area (Å²) in [6.45, 7) is 1.99. The molecule has 5 rings (SSSR count). The molecule has 0 radical (unpaired) electrons. The van der Waals surface area contributed by atoms with Crippen molar-refractivity contribution in [2.75, 3.05) is 20.8 Å². The third-order valence-corrected chi connectivity index (χ3v) is 6.01. The van der Waals surface area contributed by atoms with Crippen LogP contribution in [0.25, 0.3) is 28.0 Å². The minimum Gasteiger partial charge on any atom is -0.493 e. The predicted molar refractivity (Wildman–Crippen MR) is 133 cm³/mol. The molecule has 4 aromatic rings. The van der Waals surface area contributed by atoms with Crippen LogP contribution in [0, 0.1) is 0 Å². The van der Waals surface area contributed by atoms with Gasteiger partial charge in [0.2, 0.25) is 0 Å². The summed E-state index contributed by atoms with van der Waals surface area (Å²) in [7, 11) is 3.19. The third kappa shape index (κ3) is 4.05. The number of carbonyl (C=O) groups excluding carboxylic acids is 2. The molecule has 0 saturated heterocycles.